The Morgan fingerprint density at radius 3 is 2.47 bits per heavy atom. The van der Waals surface area contributed by atoms with E-state index >= 15 is 0 Å². The lowest BCUT2D eigenvalue weighted by Crippen LogP contribution is -2.46. The molecule has 1 aliphatic carbocycles. The second kappa shape index (κ2) is 19.6. The van der Waals surface area contributed by atoms with Gasteiger partial charge in [-0.3, -0.25) is 9.88 Å². The summed E-state index contributed by atoms with van der Waals surface area (Å²) in [4.78, 5) is 8.83. The van der Waals surface area contributed by atoms with Crippen LogP contribution in [0.4, 0.5) is 0 Å². The fourth-order valence-electron chi connectivity index (χ4n) is 9.51. The van der Waals surface area contributed by atoms with Crippen molar-refractivity contribution >= 4 is 11.6 Å². The normalized spacial score (nSPS) is 21.0. The van der Waals surface area contributed by atoms with Crippen LogP contribution in [0.5, 0.6) is 17.2 Å². The summed E-state index contributed by atoms with van der Waals surface area (Å²) in [5.41, 5.74) is 7.78. The van der Waals surface area contributed by atoms with E-state index in [9.17, 15) is 20.7 Å². The number of likely N-dealkylation sites (tertiary alicyclic amines) is 2. The summed E-state index contributed by atoms with van der Waals surface area (Å²) in [5.74, 6) is 2.15. The largest absolute Gasteiger partial charge is 0.493 e. The molecule has 3 fully saturated rings. The van der Waals surface area contributed by atoms with Crippen LogP contribution in [0.2, 0.25) is 5.02 Å². The first-order valence-corrected chi connectivity index (χ1v) is 21.5. The number of ether oxygens (including phenoxy) is 3. The van der Waals surface area contributed by atoms with Gasteiger partial charge in [-0.25, -0.2) is 0 Å². The van der Waals surface area contributed by atoms with Gasteiger partial charge in [-0.1, -0.05) is 48.4 Å². The molecular weight excluding hydrogens is 762 g/mol. The second-order valence-corrected chi connectivity index (χ2v) is 17.2. The van der Waals surface area contributed by atoms with Gasteiger partial charge >= 0.3 is 0 Å². The van der Waals surface area contributed by atoms with Crippen molar-refractivity contribution in [1.29, 1.82) is 10.5 Å². The molecule has 2 aliphatic heterocycles. The maximum absolute atomic E-state index is 10.1. The van der Waals surface area contributed by atoms with E-state index in [1.807, 2.05) is 6.07 Å². The summed E-state index contributed by atoms with van der Waals surface area (Å²) in [7, 11) is 0. The van der Waals surface area contributed by atoms with Gasteiger partial charge in [0.25, 0.3) is 0 Å². The number of pyridine rings is 1. The molecule has 0 bridgehead atoms. The average molecular weight is 818 g/mol. The minimum absolute atomic E-state index is 0.176. The van der Waals surface area contributed by atoms with E-state index in [1.54, 1.807) is 18.3 Å². The molecule has 1 spiro atoms. The van der Waals surface area contributed by atoms with Gasteiger partial charge in [0.1, 0.15) is 36.5 Å². The summed E-state index contributed by atoms with van der Waals surface area (Å²) in [5, 5.41) is 39.5. The van der Waals surface area contributed by atoms with Gasteiger partial charge in [-0.05, 0) is 130 Å². The quantitative estimate of drug-likeness (QED) is 0.0885. The Labute approximate surface area is 353 Å². The Balaban J connectivity index is 1.02. The molecule has 1 saturated carbocycles. The van der Waals surface area contributed by atoms with Crippen molar-refractivity contribution < 1.29 is 24.4 Å². The van der Waals surface area contributed by atoms with E-state index in [-0.39, 0.29) is 25.2 Å². The van der Waals surface area contributed by atoms with E-state index in [1.165, 1.54) is 25.5 Å². The predicted molar refractivity (Wildman–Crippen MR) is 228 cm³/mol. The highest BCUT2D eigenvalue weighted by molar-refractivity contribution is 6.32. The van der Waals surface area contributed by atoms with Crippen LogP contribution in [-0.4, -0.2) is 70.1 Å². The Morgan fingerprint density at radius 2 is 1.68 bits per heavy atom. The molecule has 7 rings (SSSR count). The van der Waals surface area contributed by atoms with Crippen molar-refractivity contribution in [2.24, 2.45) is 11.3 Å². The SMILES string of the molecule is Cc1c(COc2cc(OCc3cncc(C#N)c3)c(CN3CCCC[C@H]3C(O)O)cc2Cl)cccc1-c1cccc(OCCCN2CCCC3(CCC(C#N)C3)C2)c1C. The number of benzene rings is 3. The number of hydrogen-bond acceptors (Lipinski definition) is 10. The molecule has 2 unspecified atom stereocenters. The number of halogens is 1. The van der Waals surface area contributed by atoms with Crippen LogP contribution in [0.15, 0.2) is 67.0 Å². The lowest BCUT2D eigenvalue weighted by Gasteiger charge is -2.40. The third-order valence-corrected chi connectivity index (χ3v) is 13.0. The Hall–Kier alpha value is -4.68. The summed E-state index contributed by atoms with van der Waals surface area (Å²) in [6.07, 6.45) is 11.1. The van der Waals surface area contributed by atoms with E-state index in [2.05, 4.69) is 77.2 Å². The Morgan fingerprint density at radius 1 is 0.864 bits per heavy atom. The molecular formula is C48H56ClN5O5. The number of rotatable bonds is 15. The third-order valence-electron chi connectivity index (χ3n) is 12.7. The first kappa shape index (κ1) is 42.4. The standard InChI is InChI=1S/C48H56ClN5O5/c1-33-38(9-5-10-40(33)41-11-6-13-44(34(41)2)57-20-8-18-53-17-7-15-48(32-53)16-14-35(24-48)25-50)31-59-46-23-45(58-30-37-21-36(26-51)27-52-28-37)39(22-42(46)49)29-54-19-4-3-12-43(54)47(55)56/h5-6,9-11,13,21-23,27-28,35,43,47,55-56H,3-4,7-8,12,14-20,24,29-32H2,1-2H3/t35?,43-,48?/m0/s1. The minimum atomic E-state index is -1.45. The van der Waals surface area contributed by atoms with Crippen molar-refractivity contribution in [3.8, 4) is 40.5 Å². The number of aromatic nitrogens is 1. The van der Waals surface area contributed by atoms with Crippen molar-refractivity contribution in [1.82, 2.24) is 14.8 Å². The zero-order chi connectivity index (χ0) is 41.4. The lowest BCUT2D eigenvalue weighted by atomic mass is 9.78. The van der Waals surface area contributed by atoms with E-state index in [0.29, 0.717) is 47.1 Å². The first-order chi connectivity index (χ1) is 28.6. The molecule has 4 aromatic rings. The summed E-state index contributed by atoms with van der Waals surface area (Å²) >= 11 is 6.91. The Bertz CT molecular complexity index is 2170. The number of nitrogens with zero attached hydrogens (tertiary/aromatic N) is 5. The molecule has 59 heavy (non-hydrogen) atoms. The fourth-order valence-corrected chi connectivity index (χ4v) is 9.75. The van der Waals surface area contributed by atoms with E-state index in [0.717, 1.165) is 103 Å². The molecule has 11 heteroatoms. The molecule has 2 saturated heterocycles. The molecule has 3 aromatic carbocycles. The number of piperidine rings is 2. The molecule has 3 aliphatic rings. The predicted octanol–water partition coefficient (Wildman–Crippen LogP) is 8.89. The average Bonchev–Trinajstić information content (AvgIpc) is 3.64. The minimum Gasteiger partial charge on any atom is -0.493 e. The van der Waals surface area contributed by atoms with Gasteiger partial charge in [0.05, 0.1) is 29.3 Å². The highest BCUT2D eigenvalue weighted by Crippen LogP contribution is 2.47. The van der Waals surface area contributed by atoms with Crippen LogP contribution in [0.3, 0.4) is 0 Å². The van der Waals surface area contributed by atoms with Crippen LogP contribution < -0.4 is 14.2 Å². The van der Waals surface area contributed by atoms with Crippen molar-refractivity contribution in [3.63, 3.8) is 0 Å². The molecule has 3 heterocycles. The van der Waals surface area contributed by atoms with Gasteiger partial charge < -0.3 is 29.3 Å². The third kappa shape index (κ3) is 10.4. The zero-order valence-corrected chi connectivity index (χ0v) is 35.1. The van der Waals surface area contributed by atoms with Crippen molar-refractivity contribution in [3.05, 3.63) is 105 Å². The number of nitriles is 2. The van der Waals surface area contributed by atoms with Crippen LogP contribution in [0, 0.1) is 47.8 Å². The number of aliphatic hydroxyl groups is 2. The highest BCUT2D eigenvalue weighted by atomic mass is 35.5. The molecule has 0 radical (unpaired) electrons. The van der Waals surface area contributed by atoms with Crippen LogP contribution >= 0.6 is 11.6 Å². The van der Waals surface area contributed by atoms with Gasteiger partial charge in [-0.15, -0.1) is 0 Å². The molecule has 10 nitrogen and oxygen atoms in total. The zero-order valence-electron chi connectivity index (χ0n) is 34.3. The van der Waals surface area contributed by atoms with E-state index in [4.69, 9.17) is 25.8 Å². The number of aliphatic hydroxyl groups excluding tert-OH is 1. The summed E-state index contributed by atoms with van der Waals surface area (Å²) < 4.78 is 19.2. The Kier molecular flexibility index (Phi) is 14.1. The van der Waals surface area contributed by atoms with Gasteiger partial charge in [0, 0.05) is 55.1 Å². The van der Waals surface area contributed by atoms with E-state index < -0.39 is 6.29 Å². The summed E-state index contributed by atoms with van der Waals surface area (Å²) in [6.45, 7) is 9.74. The number of hydrogen-bond donors (Lipinski definition) is 2. The van der Waals surface area contributed by atoms with Crippen LogP contribution in [0.25, 0.3) is 11.1 Å². The van der Waals surface area contributed by atoms with Gasteiger partial charge in [-0.2, -0.15) is 10.5 Å². The molecule has 1 aromatic heterocycles. The van der Waals surface area contributed by atoms with Crippen LogP contribution in [0.1, 0.15) is 91.2 Å². The van der Waals surface area contributed by atoms with Crippen molar-refractivity contribution in [2.45, 2.75) is 104 Å². The first-order valence-electron chi connectivity index (χ1n) is 21.1. The second-order valence-electron chi connectivity index (χ2n) is 16.8. The maximum Gasteiger partial charge on any atom is 0.167 e. The lowest BCUT2D eigenvalue weighted by molar-refractivity contribution is -0.112. The monoisotopic (exact) mass is 817 g/mol. The molecule has 3 atom stereocenters. The summed E-state index contributed by atoms with van der Waals surface area (Å²) in [6, 6.07) is 22.2. The topological polar surface area (TPSA) is 135 Å². The highest BCUT2D eigenvalue weighted by Gasteiger charge is 2.42. The van der Waals surface area contributed by atoms with Gasteiger partial charge in [0.15, 0.2) is 6.29 Å². The fraction of sp³-hybridized carbons (Fsp3) is 0.479. The maximum atomic E-state index is 10.1. The smallest absolute Gasteiger partial charge is 0.167 e. The van der Waals surface area contributed by atoms with Gasteiger partial charge in [0.2, 0.25) is 0 Å². The van der Waals surface area contributed by atoms with Crippen molar-refractivity contribution in [2.75, 3.05) is 32.8 Å². The van der Waals surface area contributed by atoms with Crippen LogP contribution in [-0.2, 0) is 19.8 Å². The molecule has 2 N–H and O–H groups in total. The molecule has 0 amide bonds. The molecule has 310 valence electrons.